The average molecular weight is 571 g/mol. The summed E-state index contributed by atoms with van der Waals surface area (Å²) in [6.45, 7) is 0.416. The lowest BCUT2D eigenvalue weighted by molar-refractivity contribution is 0.282. The molecule has 0 spiro atoms. The van der Waals surface area contributed by atoms with Gasteiger partial charge in [0.05, 0.1) is 34.0 Å². The summed E-state index contributed by atoms with van der Waals surface area (Å²) in [5.41, 5.74) is 3.53. The molecular formula is C24H16BrIN2O2. The van der Waals surface area contributed by atoms with Crippen molar-refractivity contribution in [1.29, 1.82) is 10.5 Å². The van der Waals surface area contributed by atoms with Crippen molar-refractivity contribution in [2.24, 2.45) is 0 Å². The zero-order valence-corrected chi connectivity index (χ0v) is 19.8. The van der Waals surface area contributed by atoms with Crippen LogP contribution in [-0.2, 0) is 6.61 Å². The van der Waals surface area contributed by atoms with Crippen molar-refractivity contribution in [2.45, 2.75) is 6.61 Å². The van der Waals surface area contributed by atoms with Crippen LogP contribution >= 0.6 is 38.5 Å². The smallest absolute Gasteiger partial charge is 0.174 e. The molecule has 0 aliphatic heterocycles. The Bertz CT molecular complexity index is 1180. The molecular weight excluding hydrogens is 555 g/mol. The van der Waals surface area contributed by atoms with Gasteiger partial charge in [-0.2, -0.15) is 10.5 Å². The van der Waals surface area contributed by atoms with E-state index in [9.17, 15) is 5.26 Å². The second-order valence-electron chi connectivity index (χ2n) is 6.31. The van der Waals surface area contributed by atoms with Gasteiger partial charge in [-0.15, -0.1) is 0 Å². The quantitative estimate of drug-likeness (QED) is 0.191. The number of nitriles is 2. The van der Waals surface area contributed by atoms with Gasteiger partial charge >= 0.3 is 0 Å². The standard InChI is InChI=1S/C24H16BrIN2O2/c1-29-23-12-18(10-20(14-28)19-4-2-3-17(9-19)13-27)11-22(26)24(23)30-15-16-5-7-21(25)8-6-16/h2-12H,15H2,1H3/b20-10-. The molecule has 0 N–H and O–H groups in total. The van der Waals surface area contributed by atoms with E-state index in [-0.39, 0.29) is 0 Å². The summed E-state index contributed by atoms with van der Waals surface area (Å²) in [5, 5.41) is 18.7. The van der Waals surface area contributed by atoms with E-state index in [2.05, 4.69) is 50.7 Å². The molecule has 4 nitrogen and oxygen atoms in total. The molecule has 0 aliphatic rings. The van der Waals surface area contributed by atoms with Gasteiger partial charge in [-0.3, -0.25) is 0 Å². The summed E-state index contributed by atoms with van der Waals surface area (Å²) in [5.74, 6) is 1.25. The van der Waals surface area contributed by atoms with Crippen LogP contribution < -0.4 is 9.47 Å². The van der Waals surface area contributed by atoms with Gasteiger partial charge in [0.1, 0.15) is 6.61 Å². The molecule has 0 fully saturated rings. The van der Waals surface area contributed by atoms with E-state index in [0.717, 1.165) is 19.2 Å². The van der Waals surface area contributed by atoms with Crippen molar-refractivity contribution in [2.75, 3.05) is 7.11 Å². The summed E-state index contributed by atoms with van der Waals surface area (Å²) in [6, 6.07) is 23.0. The Hall–Kier alpha value is -2.81. The maximum absolute atomic E-state index is 9.62. The van der Waals surface area contributed by atoms with Gasteiger partial charge in [-0.05, 0) is 81.8 Å². The van der Waals surface area contributed by atoms with Gasteiger partial charge in [0, 0.05) is 4.47 Å². The first-order valence-electron chi connectivity index (χ1n) is 8.91. The summed E-state index contributed by atoms with van der Waals surface area (Å²) in [7, 11) is 1.59. The van der Waals surface area contributed by atoms with Crippen molar-refractivity contribution in [3.05, 3.63) is 91.0 Å². The highest BCUT2D eigenvalue weighted by Gasteiger charge is 2.12. The number of hydrogen-bond donors (Lipinski definition) is 0. The Morgan fingerprint density at radius 1 is 1.10 bits per heavy atom. The molecule has 30 heavy (non-hydrogen) atoms. The van der Waals surface area contributed by atoms with E-state index in [4.69, 9.17) is 14.7 Å². The largest absolute Gasteiger partial charge is 0.493 e. The van der Waals surface area contributed by atoms with E-state index in [1.165, 1.54) is 0 Å². The third kappa shape index (κ3) is 5.41. The molecule has 3 rings (SSSR count). The number of halogens is 2. The summed E-state index contributed by atoms with van der Waals surface area (Å²) >= 11 is 5.63. The number of rotatable bonds is 6. The predicted molar refractivity (Wildman–Crippen MR) is 129 cm³/mol. The summed E-state index contributed by atoms with van der Waals surface area (Å²) < 4.78 is 13.4. The predicted octanol–water partition coefficient (Wildman–Crippen LogP) is 6.58. The molecule has 0 amide bonds. The van der Waals surface area contributed by atoms with Crippen molar-refractivity contribution >= 4 is 50.2 Å². The van der Waals surface area contributed by atoms with E-state index in [0.29, 0.717) is 34.8 Å². The second kappa shape index (κ2) is 10.3. The monoisotopic (exact) mass is 570 g/mol. The molecule has 0 atom stereocenters. The first-order valence-corrected chi connectivity index (χ1v) is 10.8. The van der Waals surface area contributed by atoms with E-state index in [1.807, 2.05) is 42.5 Å². The van der Waals surface area contributed by atoms with E-state index < -0.39 is 0 Å². The minimum atomic E-state index is 0.416. The molecule has 0 saturated carbocycles. The highest BCUT2D eigenvalue weighted by Crippen LogP contribution is 2.35. The minimum Gasteiger partial charge on any atom is -0.493 e. The van der Waals surface area contributed by atoms with Gasteiger partial charge in [0.2, 0.25) is 0 Å². The van der Waals surface area contributed by atoms with Gasteiger partial charge in [-0.25, -0.2) is 0 Å². The van der Waals surface area contributed by atoms with Crippen molar-refractivity contribution in [3.63, 3.8) is 0 Å². The first-order chi connectivity index (χ1) is 14.5. The van der Waals surface area contributed by atoms with Gasteiger partial charge in [-0.1, -0.05) is 40.2 Å². The van der Waals surface area contributed by atoms with Crippen LogP contribution in [0.1, 0.15) is 22.3 Å². The Morgan fingerprint density at radius 3 is 2.53 bits per heavy atom. The number of hydrogen-bond acceptors (Lipinski definition) is 4. The Kier molecular flexibility index (Phi) is 7.51. The number of benzene rings is 3. The number of allylic oxidation sites excluding steroid dienone is 1. The first kappa shape index (κ1) is 21.9. The van der Waals surface area contributed by atoms with E-state index in [1.54, 1.807) is 31.4 Å². The third-order valence-electron chi connectivity index (χ3n) is 4.28. The van der Waals surface area contributed by atoms with Crippen LogP contribution in [0, 0.1) is 26.2 Å². The molecule has 0 heterocycles. The van der Waals surface area contributed by atoms with E-state index >= 15 is 0 Å². The lowest BCUT2D eigenvalue weighted by Gasteiger charge is -2.14. The van der Waals surface area contributed by atoms with Crippen LogP contribution in [0.4, 0.5) is 0 Å². The lowest BCUT2D eigenvalue weighted by atomic mass is 10.0. The van der Waals surface area contributed by atoms with Crippen LogP contribution in [-0.4, -0.2) is 7.11 Å². The maximum atomic E-state index is 9.62. The molecule has 0 radical (unpaired) electrons. The zero-order valence-electron chi connectivity index (χ0n) is 16.0. The fourth-order valence-electron chi connectivity index (χ4n) is 2.80. The average Bonchev–Trinajstić information content (AvgIpc) is 2.77. The topological polar surface area (TPSA) is 66.0 Å². The molecule has 3 aromatic rings. The molecule has 0 aliphatic carbocycles. The molecule has 0 unspecified atom stereocenters. The fourth-order valence-corrected chi connectivity index (χ4v) is 3.85. The fraction of sp³-hybridized carbons (Fsp3) is 0.0833. The lowest BCUT2D eigenvalue weighted by Crippen LogP contribution is -2.00. The molecule has 3 aromatic carbocycles. The SMILES string of the molecule is COc1cc(/C=C(/C#N)c2cccc(C#N)c2)cc(I)c1OCc1ccc(Br)cc1. The normalized spacial score (nSPS) is 10.8. The molecule has 148 valence electrons. The van der Waals surface area contributed by atoms with Gasteiger partial charge in [0.25, 0.3) is 0 Å². The van der Waals surface area contributed by atoms with Crippen molar-refractivity contribution in [3.8, 4) is 23.6 Å². The van der Waals surface area contributed by atoms with Gasteiger partial charge < -0.3 is 9.47 Å². The summed E-state index contributed by atoms with van der Waals surface area (Å²) in [6.07, 6.45) is 1.78. The third-order valence-corrected chi connectivity index (χ3v) is 5.61. The van der Waals surface area contributed by atoms with Crippen LogP contribution in [0.5, 0.6) is 11.5 Å². The minimum absolute atomic E-state index is 0.416. The van der Waals surface area contributed by atoms with Crippen molar-refractivity contribution < 1.29 is 9.47 Å². The van der Waals surface area contributed by atoms with Crippen molar-refractivity contribution in [1.82, 2.24) is 0 Å². The van der Waals surface area contributed by atoms with Crippen LogP contribution in [0.15, 0.2) is 65.1 Å². The number of methoxy groups -OCH3 is 1. The molecule has 0 saturated heterocycles. The van der Waals surface area contributed by atoms with Crippen LogP contribution in [0.3, 0.4) is 0 Å². The maximum Gasteiger partial charge on any atom is 0.174 e. The number of nitrogens with zero attached hydrogens (tertiary/aromatic N) is 2. The number of ether oxygens (including phenoxy) is 2. The highest BCUT2D eigenvalue weighted by molar-refractivity contribution is 14.1. The zero-order chi connectivity index (χ0) is 21.5. The Balaban J connectivity index is 1.90. The van der Waals surface area contributed by atoms with Crippen LogP contribution in [0.2, 0.25) is 0 Å². The molecule has 0 bridgehead atoms. The Labute approximate surface area is 197 Å². The van der Waals surface area contributed by atoms with Crippen LogP contribution in [0.25, 0.3) is 11.6 Å². The van der Waals surface area contributed by atoms with Gasteiger partial charge in [0.15, 0.2) is 11.5 Å². The molecule has 6 heteroatoms. The highest BCUT2D eigenvalue weighted by atomic mass is 127. The Morgan fingerprint density at radius 2 is 1.87 bits per heavy atom. The summed E-state index contributed by atoms with van der Waals surface area (Å²) in [4.78, 5) is 0. The second-order valence-corrected chi connectivity index (χ2v) is 8.39. The molecule has 0 aromatic heterocycles.